The molecule has 4 nitrogen and oxygen atoms in total. The standard InChI is InChI=1S/C20H26N4S/c1-12(2)11-22-19-18(14(4)21)23-20(24-19)25-17-10-16-8-6-5-7-15(16)9-13(17)3/h9-12,21H,5-8H2,1-4H3,(H,23,24). The molecule has 0 unspecified atom stereocenters. The number of hydrogen-bond acceptors (Lipinski definition) is 4. The SMILES string of the molecule is CC(=N)c1[nH]c(Sc2cc3c(cc2C)CCCC3)nc1N=CC(C)C. The van der Waals surface area contributed by atoms with Gasteiger partial charge in [-0.05, 0) is 68.2 Å². The second-order valence-electron chi connectivity index (χ2n) is 7.08. The second kappa shape index (κ2) is 7.56. The highest BCUT2D eigenvalue weighted by Crippen LogP contribution is 2.34. The minimum Gasteiger partial charge on any atom is -0.330 e. The van der Waals surface area contributed by atoms with E-state index < -0.39 is 0 Å². The van der Waals surface area contributed by atoms with E-state index in [1.54, 1.807) is 18.7 Å². The van der Waals surface area contributed by atoms with Gasteiger partial charge in [0.15, 0.2) is 11.0 Å². The Labute approximate surface area is 154 Å². The van der Waals surface area contributed by atoms with Crippen LogP contribution >= 0.6 is 11.8 Å². The number of nitrogens with one attached hydrogen (secondary N) is 2. The topological polar surface area (TPSA) is 64.9 Å². The first-order valence-electron chi connectivity index (χ1n) is 8.94. The number of nitrogens with zero attached hydrogens (tertiary/aromatic N) is 2. The number of aromatic amines is 1. The molecule has 0 amide bonds. The van der Waals surface area contributed by atoms with E-state index in [2.05, 4.69) is 47.9 Å². The Morgan fingerprint density at radius 1 is 1.28 bits per heavy atom. The summed E-state index contributed by atoms with van der Waals surface area (Å²) in [5.41, 5.74) is 5.44. The molecule has 1 aliphatic carbocycles. The Morgan fingerprint density at radius 2 is 1.96 bits per heavy atom. The number of benzene rings is 1. The van der Waals surface area contributed by atoms with Gasteiger partial charge in [-0.1, -0.05) is 31.7 Å². The fourth-order valence-corrected chi connectivity index (χ4v) is 3.98. The van der Waals surface area contributed by atoms with E-state index >= 15 is 0 Å². The molecule has 2 aromatic rings. The molecular weight excluding hydrogens is 328 g/mol. The highest BCUT2D eigenvalue weighted by molar-refractivity contribution is 7.99. The Bertz CT molecular complexity index is 817. The smallest absolute Gasteiger partial charge is 0.180 e. The van der Waals surface area contributed by atoms with Crippen molar-refractivity contribution in [1.29, 1.82) is 5.41 Å². The minimum atomic E-state index is 0.356. The zero-order valence-electron chi connectivity index (χ0n) is 15.4. The molecule has 0 atom stereocenters. The maximum absolute atomic E-state index is 7.97. The van der Waals surface area contributed by atoms with Gasteiger partial charge < -0.3 is 10.4 Å². The van der Waals surface area contributed by atoms with Crippen LogP contribution in [0, 0.1) is 18.3 Å². The first kappa shape index (κ1) is 17.9. The fraction of sp³-hybridized carbons (Fsp3) is 0.450. The van der Waals surface area contributed by atoms with Gasteiger partial charge in [-0.2, -0.15) is 0 Å². The highest BCUT2D eigenvalue weighted by Gasteiger charge is 2.16. The molecule has 1 aromatic heterocycles. The molecule has 3 rings (SSSR count). The molecule has 5 heteroatoms. The van der Waals surface area contributed by atoms with Gasteiger partial charge in [0.05, 0.1) is 5.71 Å². The number of hydrogen-bond donors (Lipinski definition) is 2. The molecule has 0 fully saturated rings. The third-order valence-electron chi connectivity index (χ3n) is 4.38. The van der Waals surface area contributed by atoms with E-state index in [1.165, 1.54) is 47.3 Å². The average Bonchev–Trinajstić information content (AvgIpc) is 2.97. The lowest BCUT2D eigenvalue weighted by Gasteiger charge is -2.18. The molecule has 0 bridgehead atoms. The summed E-state index contributed by atoms with van der Waals surface area (Å²) in [6, 6.07) is 4.66. The average molecular weight is 355 g/mol. The normalized spacial score (nSPS) is 14.3. The van der Waals surface area contributed by atoms with Crippen LogP contribution in [0.5, 0.6) is 0 Å². The van der Waals surface area contributed by atoms with Crippen molar-refractivity contribution in [1.82, 2.24) is 9.97 Å². The highest BCUT2D eigenvalue weighted by atomic mass is 32.2. The third kappa shape index (κ3) is 4.21. The molecule has 1 aliphatic rings. The Kier molecular flexibility index (Phi) is 5.42. The van der Waals surface area contributed by atoms with Crippen LogP contribution in [0.4, 0.5) is 5.82 Å². The van der Waals surface area contributed by atoms with Gasteiger partial charge in [0, 0.05) is 11.1 Å². The lowest BCUT2D eigenvalue weighted by molar-refractivity contribution is 0.682. The van der Waals surface area contributed by atoms with Gasteiger partial charge in [0.25, 0.3) is 0 Å². The zero-order chi connectivity index (χ0) is 18.0. The fourth-order valence-electron chi connectivity index (χ4n) is 3.07. The summed E-state index contributed by atoms with van der Waals surface area (Å²) in [4.78, 5) is 13.6. The molecule has 1 heterocycles. The Morgan fingerprint density at radius 3 is 2.60 bits per heavy atom. The number of fused-ring (bicyclic) bond motifs is 1. The number of rotatable bonds is 5. The van der Waals surface area contributed by atoms with E-state index in [9.17, 15) is 0 Å². The largest absolute Gasteiger partial charge is 0.330 e. The van der Waals surface area contributed by atoms with Crippen LogP contribution in [0.1, 0.15) is 56.0 Å². The molecule has 2 N–H and O–H groups in total. The van der Waals surface area contributed by atoms with Crippen LogP contribution in [0.15, 0.2) is 27.2 Å². The van der Waals surface area contributed by atoms with Gasteiger partial charge >= 0.3 is 0 Å². The molecule has 25 heavy (non-hydrogen) atoms. The third-order valence-corrected chi connectivity index (χ3v) is 5.43. The van der Waals surface area contributed by atoms with E-state index in [4.69, 9.17) is 5.41 Å². The van der Waals surface area contributed by atoms with E-state index in [0.717, 1.165) is 5.16 Å². The van der Waals surface area contributed by atoms with Crippen LogP contribution in [0.3, 0.4) is 0 Å². The van der Waals surface area contributed by atoms with Crippen molar-refractivity contribution in [2.24, 2.45) is 10.9 Å². The quantitative estimate of drug-likeness (QED) is 0.697. The number of H-pyrrole nitrogens is 1. The van der Waals surface area contributed by atoms with Crippen LogP contribution in [-0.2, 0) is 12.8 Å². The van der Waals surface area contributed by atoms with Crippen LogP contribution in [0.25, 0.3) is 0 Å². The molecule has 0 saturated heterocycles. The first-order chi connectivity index (χ1) is 11.9. The lowest BCUT2D eigenvalue weighted by Crippen LogP contribution is -2.03. The van der Waals surface area contributed by atoms with Gasteiger partial charge in [-0.25, -0.2) is 9.98 Å². The van der Waals surface area contributed by atoms with Crippen LogP contribution in [-0.4, -0.2) is 21.9 Å². The number of aromatic nitrogens is 2. The summed E-state index contributed by atoms with van der Waals surface area (Å²) >= 11 is 1.64. The number of aryl methyl sites for hydroxylation is 3. The monoisotopic (exact) mass is 354 g/mol. The molecule has 132 valence electrons. The predicted molar refractivity (Wildman–Crippen MR) is 106 cm³/mol. The Hall–Kier alpha value is -1.88. The van der Waals surface area contributed by atoms with Gasteiger partial charge in [0.2, 0.25) is 0 Å². The summed E-state index contributed by atoms with van der Waals surface area (Å²) in [6.45, 7) is 8.10. The van der Waals surface area contributed by atoms with Crippen molar-refractivity contribution in [3.05, 3.63) is 34.5 Å². The lowest BCUT2D eigenvalue weighted by atomic mass is 9.90. The van der Waals surface area contributed by atoms with Crippen molar-refractivity contribution < 1.29 is 0 Å². The van der Waals surface area contributed by atoms with Crippen molar-refractivity contribution in [3.63, 3.8) is 0 Å². The van der Waals surface area contributed by atoms with Crippen molar-refractivity contribution in [2.45, 2.75) is 63.4 Å². The zero-order valence-corrected chi connectivity index (χ0v) is 16.3. The number of imidazole rings is 1. The van der Waals surface area contributed by atoms with E-state index in [0.29, 0.717) is 23.1 Å². The van der Waals surface area contributed by atoms with E-state index in [1.807, 2.05) is 6.21 Å². The molecule has 0 spiro atoms. The van der Waals surface area contributed by atoms with Crippen molar-refractivity contribution in [2.75, 3.05) is 0 Å². The first-order valence-corrected chi connectivity index (χ1v) is 9.75. The van der Waals surface area contributed by atoms with Gasteiger partial charge in [0.1, 0.15) is 5.69 Å². The van der Waals surface area contributed by atoms with Gasteiger partial charge in [-0.3, -0.25) is 0 Å². The summed E-state index contributed by atoms with van der Waals surface area (Å²) in [5.74, 6) is 0.967. The van der Waals surface area contributed by atoms with Crippen molar-refractivity contribution >= 4 is 29.5 Å². The molecular formula is C20H26N4S. The van der Waals surface area contributed by atoms with Gasteiger partial charge in [-0.15, -0.1) is 0 Å². The Balaban J connectivity index is 1.90. The summed E-state index contributed by atoms with van der Waals surface area (Å²) in [5, 5.41) is 8.77. The van der Waals surface area contributed by atoms with Crippen LogP contribution in [0.2, 0.25) is 0 Å². The van der Waals surface area contributed by atoms with E-state index in [-0.39, 0.29) is 0 Å². The maximum Gasteiger partial charge on any atom is 0.180 e. The maximum atomic E-state index is 7.97. The molecule has 0 radical (unpaired) electrons. The van der Waals surface area contributed by atoms with Crippen LogP contribution < -0.4 is 0 Å². The summed E-state index contributed by atoms with van der Waals surface area (Å²) < 4.78 is 0. The number of aliphatic imine (C=N–C) groups is 1. The summed E-state index contributed by atoms with van der Waals surface area (Å²) in [6.07, 6.45) is 6.84. The molecule has 0 aliphatic heterocycles. The minimum absolute atomic E-state index is 0.356. The second-order valence-corrected chi connectivity index (χ2v) is 8.11. The predicted octanol–water partition coefficient (Wildman–Crippen LogP) is 5.49. The molecule has 1 aromatic carbocycles. The molecule has 0 saturated carbocycles. The van der Waals surface area contributed by atoms with Crippen molar-refractivity contribution in [3.8, 4) is 0 Å². The summed E-state index contributed by atoms with van der Waals surface area (Å²) in [7, 11) is 0.